The van der Waals surface area contributed by atoms with Gasteiger partial charge in [-0.05, 0) is 43.2 Å². The lowest BCUT2D eigenvalue weighted by Gasteiger charge is -2.17. The highest BCUT2D eigenvalue weighted by molar-refractivity contribution is 5.45. The molecule has 1 aromatic heterocycles. The van der Waals surface area contributed by atoms with Crippen molar-refractivity contribution in [1.82, 2.24) is 4.98 Å². The van der Waals surface area contributed by atoms with Gasteiger partial charge in [-0.3, -0.25) is 4.98 Å². The summed E-state index contributed by atoms with van der Waals surface area (Å²) in [5, 5.41) is 3.46. The summed E-state index contributed by atoms with van der Waals surface area (Å²) >= 11 is 0. The predicted octanol–water partition coefficient (Wildman–Crippen LogP) is 3.56. The number of anilines is 1. The summed E-state index contributed by atoms with van der Waals surface area (Å²) in [6.45, 7) is 4.26. The molecule has 2 heteroatoms. The first kappa shape index (κ1) is 10.7. The Hall–Kier alpha value is -1.83. The first-order chi connectivity index (χ1) is 7.77. The Morgan fingerprint density at radius 2 is 1.88 bits per heavy atom. The Bertz CT molecular complexity index is 451. The highest BCUT2D eigenvalue weighted by atomic mass is 14.9. The van der Waals surface area contributed by atoms with Crippen molar-refractivity contribution in [3.63, 3.8) is 0 Å². The Balaban J connectivity index is 2.15. The van der Waals surface area contributed by atoms with Crippen molar-refractivity contribution in [1.29, 1.82) is 0 Å². The number of pyridine rings is 1. The van der Waals surface area contributed by atoms with Gasteiger partial charge in [-0.2, -0.15) is 0 Å². The van der Waals surface area contributed by atoms with E-state index in [1.807, 2.05) is 36.7 Å². The zero-order valence-electron chi connectivity index (χ0n) is 9.64. The fraction of sp³-hybridized carbons (Fsp3) is 0.214. The molecule has 1 aromatic carbocycles. The molecule has 1 N–H and O–H groups in total. The standard InChI is InChI=1S/C14H16N2/c1-11-8-9-15-10-14(11)12(2)16-13-6-4-3-5-7-13/h3-10,12,16H,1-2H3. The van der Waals surface area contributed by atoms with Crippen molar-refractivity contribution in [2.45, 2.75) is 19.9 Å². The van der Waals surface area contributed by atoms with E-state index in [1.165, 1.54) is 11.1 Å². The van der Waals surface area contributed by atoms with Crippen molar-refractivity contribution < 1.29 is 0 Å². The molecule has 2 aromatic rings. The van der Waals surface area contributed by atoms with Crippen LogP contribution >= 0.6 is 0 Å². The van der Waals surface area contributed by atoms with E-state index in [4.69, 9.17) is 0 Å². The van der Waals surface area contributed by atoms with Crippen LogP contribution < -0.4 is 5.32 Å². The molecule has 0 aliphatic carbocycles. The number of hydrogen-bond acceptors (Lipinski definition) is 2. The summed E-state index contributed by atoms with van der Waals surface area (Å²) in [5.41, 5.74) is 3.65. The predicted molar refractivity (Wildman–Crippen MR) is 67.5 cm³/mol. The lowest BCUT2D eigenvalue weighted by Crippen LogP contribution is -2.08. The first-order valence-corrected chi connectivity index (χ1v) is 5.49. The minimum atomic E-state index is 0.274. The molecule has 0 aliphatic heterocycles. The van der Waals surface area contributed by atoms with Crippen LogP contribution in [-0.2, 0) is 0 Å². The van der Waals surface area contributed by atoms with Gasteiger partial charge in [0, 0.05) is 18.1 Å². The van der Waals surface area contributed by atoms with Gasteiger partial charge in [-0.15, -0.1) is 0 Å². The normalized spacial score (nSPS) is 12.1. The molecule has 0 aliphatic rings. The van der Waals surface area contributed by atoms with Gasteiger partial charge in [0.2, 0.25) is 0 Å². The molecule has 0 amide bonds. The number of rotatable bonds is 3. The summed E-state index contributed by atoms with van der Waals surface area (Å²) in [7, 11) is 0. The molecule has 0 bridgehead atoms. The Morgan fingerprint density at radius 3 is 2.56 bits per heavy atom. The minimum Gasteiger partial charge on any atom is -0.378 e. The Labute approximate surface area is 96.4 Å². The van der Waals surface area contributed by atoms with E-state index in [-0.39, 0.29) is 6.04 Å². The fourth-order valence-electron chi connectivity index (χ4n) is 1.79. The number of hydrogen-bond donors (Lipinski definition) is 1. The zero-order chi connectivity index (χ0) is 11.4. The van der Waals surface area contributed by atoms with E-state index in [0.29, 0.717) is 0 Å². The topological polar surface area (TPSA) is 24.9 Å². The van der Waals surface area contributed by atoms with Crippen molar-refractivity contribution in [2.24, 2.45) is 0 Å². The summed E-state index contributed by atoms with van der Waals surface area (Å²) in [5.74, 6) is 0. The number of benzene rings is 1. The quantitative estimate of drug-likeness (QED) is 0.841. The number of nitrogens with one attached hydrogen (secondary N) is 1. The second kappa shape index (κ2) is 4.79. The van der Waals surface area contributed by atoms with Crippen molar-refractivity contribution >= 4 is 5.69 Å². The molecule has 0 radical (unpaired) electrons. The Morgan fingerprint density at radius 1 is 1.12 bits per heavy atom. The summed E-state index contributed by atoms with van der Waals surface area (Å²) < 4.78 is 0. The fourth-order valence-corrected chi connectivity index (χ4v) is 1.79. The molecule has 0 fully saturated rings. The number of aromatic nitrogens is 1. The molecule has 0 spiro atoms. The maximum absolute atomic E-state index is 4.17. The van der Waals surface area contributed by atoms with Crippen LogP contribution in [0.3, 0.4) is 0 Å². The number of para-hydroxylation sites is 1. The molecule has 1 heterocycles. The molecule has 1 unspecified atom stereocenters. The third kappa shape index (κ3) is 2.40. The molecule has 2 nitrogen and oxygen atoms in total. The third-order valence-corrected chi connectivity index (χ3v) is 2.70. The van der Waals surface area contributed by atoms with Gasteiger partial charge in [0.05, 0.1) is 6.04 Å². The van der Waals surface area contributed by atoms with Crippen LogP contribution in [0.5, 0.6) is 0 Å². The molecule has 82 valence electrons. The van der Waals surface area contributed by atoms with Crippen LogP contribution in [0, 0.1) is 6.92 Å². The van der Waals surface area contributed by atoms with Gasteiger partial charge < -0.3 is 5.32 Å². The highest BCUT2D eigenvalue weighted by Crippen LogP contribution is 2.20. The molecule has 2 rings (SSSR count). The average molecular weight is 212 g/mol. The smallest absolute Gasteiger partial charge is 0.0503 e. The van der Waals surface area contributed by atoms with Crippen LogP contribution in [0.25, 0.3) is 0 Å². The summed E-state index contributed by atoms with van der Waals surface area (Å²) in [6, 6.07) is 12.5. The second-order valence-electron chi connectivity index (χ2n) is 3.96. The number of nitrogens with zero attached hydrogens (tertiary/aromatic N) is 1. The van der Waals surface area contributed by atoms with Gasteiger partial charge in [0.25, 0.3) is 0 Å². The maximum atomic E-state index is 4.17. The van der Waals surface area contributed by atoms with E-state index >= 15 is 0 Å². The second-order valence-corrected chi connectivity index (χ2v) is 3.96. The highest BCUT2D eigenvalue weighted by Gasteiger charge is 2.07. The van der Waals surface area contributed by atoms with Crippen LogP contribution in [-0.4, -0.2) is 4.98 Å². The van der Waals surface area contributed by atoms with Crippen molar-refractivity contribution in [3.05, 3.63) is 59.9 Å². The van der Waals surface area contributed by atoms with Crippen LogP contribution in [0.2, 0.25) is 0 Å². The van der Waals surface area contributed by atoms with Crippen molar-refractivity contribution in [3.8, 4) is 0 Å². The maximum Gasteiger partial charge on any atom is 0.0503 e. The first-order valence-electron chi connectivity index (χ1n) is 5.49. The van der Waals surface area contributed by atoms with Crippen LogP contribution in [0.1, 0.15) is 24.1 Å². The van der Waals surface area contributed by atoms with Gasteiger partial charge in [0.1, 0.15) is 0 Å². The number of aryl methyl sites for hydroxylation is 1. The zero-order valence-corrected chi connectivity index (χ0v) is 9.64. The van der Waals surface area contributed by atoms with E-state index in [1.54, 1.807) is 0 Å². The van der Waals surface area contributed by atoms with Gasteiger partial charge in [-0.1, -0.05) is 18.2 Å². The molecule has 16 heavy (non-hydrogen) atoms. The van der Waals surface area contributed by atoms with E-state index in [9.17, 15) is 0 Å². The summed E-state index contributed by atoms with van der Waals surface area (Å²) in [6.07, 6.45) is 3.75. The van der Waals surface area contributed by atoms with Crippen molar-refractivity contribution in [2.75, 3.05) is 5.32 Å². The van der Waals surface area contributed by atoms with E-state index < -0.39 is 0 Å². The minimum absolute atomic E-state index is 0.274. The largest absolute Gasteiger partial charge is 0.378 e. The molecule has 0 saturated carbocycles. The van der Waals surface area contributed by atoms with Crippen LogP contribution in [0.4, 0.5) is 5.69 Å². The van der Waals surface area contributed by atoms with E-state index in [2.05, 4.69) is 36.3 Å². The molecule has 1 atom stereocenters. The third-order valence-electron chi connectivity index (χ3n) is 2.70. The SMILES string of the molecule is Cc1ccncc1C(C)Nc1ccccc1. The molecular weight excluding hydrogens is 196 g/mol. The lowest BCUT2D eigenvalue weighted by atomic mass is 10.1. The van der Waals surface area contributed by atoms with Gasteiger partial charge in [0.15, 0.2) is 0 Å². The summed E-state index contributed by atoms with van der Waals surface area (Å²) in [4.78, 5) is 4.17. The Kier molecular flexibility index (Phi) is 3.20. The van der Waals surface area contributed by atoms with Gasteiger partial charge in [-0.25, -0.2) is 0 Å². The van der Waals surface area contributed by atoms with Gasteiger partial charge >= 0.3 is 0 Å². The van der Waals surface area contributed by atoms with E-state index in [0.717, 1.165) is 5.69 Å². The molecule has 0 saturated heterocycles. The van der Waals surface area contributed by atoms with Crippen LogP contribution in [0.15, 0.2) is 48.8 Å². The monoisotopic (exact) mass is 212 g/mol. The average Bonchev–Trinajstić information content (AvgIpc) is 2.31. The lowest BCUT2D eigenvalue weighted by molar-refractivity contribution is 0.864. The molecular formula is C14H16N2.